The van der Waals surface area contributed by atoms with E-state index in [2.05, 4.69) is 4.98 Å². The summed E-state index contributed by atoms with van der Waals surface area (Å²) in [4.78, 5) is 29.1. The van der Waals surface area contributed by atoms with Crippen LogP contribution >= 0.6 is 0 Å². The second kappa shape index (κ2) is 6.83. The number of benzene rings is 1. The lowest BCUT2D eigenvalue weighted by Gasteiger charge is -2.16. The number of nitro benzene ring substituents is 1. The second-order valence-corrected chi connectivity index (χ2v) is 6.08. The Hall–Kier alpha value is -3.42. The summed E-state index contributed by atoms with van der Waals surface area (Å²) in [5.74, 6) is -0.633. The van der Waals surface area contributed by atoms with Crippen molar-refractivity contribution in [3.63, 3.8) is 0 Å². The van der Waals surface area contributed by atoms with Crippen molar-refractivity contribution in [3.8, 4) is 0 Å². The lowest BCUT2D eigenvalue weighted by atomic mass is 10.1. The van der Waals surface area contributed by atoms with Crippen LogP contribution in [0.4, 0.5) is 11.4 Å². The van der Waals surface area contributed by atoms with Gasteiger partial charge in [-0.05, 0) is 24.6 Å². The largest absolute Gasteiger partial charge is 0.455 e. The van der Waals surface area contributed by atoms with Gasteiger partial charge in [-0.1, -0.05) is 6.07 Å². The number of anilines is 1. The van der Waals surface area contributed by atoms with Crippen LogP contribution in [0.5, 0.6) is 0 Å². The van der Waals surface area contributed by atoms with Crippen molar-refractivity contribution in [2.75, 3.05) is 19.0 Å². The van der Waals surface area contributed by atoms with Gasteiger partial charge in [-0.25, -0.2) is 9.78 Å². The van der Waals surface area contributed by atoms with Crippen LogP contribution in [0.2, 0.25) is 0 Å². The molecule has 0 fully saturated rings. The first-order chi connectivity index (χ1) is 12.4. The first-order valence-corrected chi connectivity index (χ1v) is 7.93. The maximum absolute atomic E-state index is 12.5. The smallest absolute Gasteiger partial charge is 0.340 e. The molecule has 8 heteroatoms. The maximum atomic E-state index is 12.5. The molecule has 0 amide bonds. The molecule has 8 nitrogen and oxygen atoms in total. The van der Waals surface area contributed by atoms with Crippen LogP contribution in [0, 0.1) is 17.0 Å². The number of non-ortho nitro benzene ring substituents is 1. The number of nitro groups is 1. The van der Waals surface area contributed by atoms with E-state index in [4.69, 9.17) is 4.74 Å². The molecule has 0 radical (unpaired) electrons. The molecular formula is C18H18N4O4. The van der Waals surface area contributed by atoms with Crippen molar-refractivity contribution in [1.82, 2.24) is 9.38 Å². The van der Waals surface area contributed by atoms with E-state index in [0.29, 0.717) is 11.4 Å². The Labute approximate surface area is 149 Å². The minimum absolute atomic E-state index is 0.0183. The summed E-state index contributed by atoms with van der Waals surface area (Å²) in [6.45, 7) is 1.93. The van der Waals surface area contributed by atoms with Crippen molar-refractivity contribution in [2.45, 2.75) is 13.5 Å². The van der Waals surface area contributed by atoms with Gasteiger partial charge in [0.15, 0.2) is 0 Å². The summed E-state index contributed by atoms with van der Waals surface area (Å²) in [5.41, 5.74) is 2.94. The number of nitrogens with zero attached hydrogens (tertiary/aromatic N) is 4. The van der Waals surface area contributed by atoms with Crippen LogP contribution in [-0.4, -0.2) is 34.4 Å². The van der Waals surface area contributed by atoms with E-state index in [1.54, 1.807) is 25.2 Å². The zero-order chi connectivity index (χ0) is 18.8. The second-order valence-electron chi connectivity index (χ2n) is 6.08. The van der Waals surface area contributed by atoms with Crippen LogP contribution in [-0.2, 0) is 11.3 Å². The molecule has 0 N–H and O–H groups in total. The zero-order valence-electron chi connectivity index (χ0n) is 14.7. The van der Waals surface area contributed by atoms with Gasteiger partial charge in [0.2, 0.25) is 0 Å². The van der Waals surface area contributed by atoms with Gasteiger partial charge in [-0.15, -0.1) is 0 Å². The highest BCUT2D eigenvalue weighted by molar-refractivity contribution is 5.96. The number of carbonyl (C=O) groups is 1. The first-order valence-electron chi connectivity index (χ1n) is 7.93. The summed E-state index contributed by atoms with van der Waals surface area (Å²) in [7, 11) is 3.51. The van der Waals surface area contributed by atoms with Crippen LogP contribution in [0.1, 0.15) is 21.6 Å². The summed E-state index contributed by atoms with van der Waals surface area (Å²) in [6.07, 6.45) is 3.65. The monoisotopic (exact) mass is 354 g/mol. The Morgan fingerprint density at radius 3 is 2.77 bits per heavy atom. The van der Waals surface area contributed by atoms with Gasteiger partial charge in [0.25, 0.3) is 5.69 Å². The van der Waals surface area contributed by atoms with Gasteiger partial charge < -0.3 is 14.0 Å². The molecule has 0 aliphatic carbocycles. The van der Waals surface area contributed by atoms with Crippen LogP contribution < -0.4 is 4.90 Å². The van der Waals surface area contributed by atoms with E-state index >= 15 is 0 Å². The van der Waals surface area contributed by atoms with E-state index < -0.39 is 10.9 Å². The quantitative estimate of drug-likeness (QED) is 0.397. The van der Waals surface area contributed by atoms with Gasteiger partial charge in [0.1, 0.15) is 12.3 Å². The van der Waals surface area contributed by atoms with Crippen molar-refractivity contribution in [2.24, 2.45) is 0 Å². The van der Waals surface area contributed by atoms with Gasteiger partial charge in [0, 0.05) is 38.6 Å². The SMILES string of the molecule is Cc1cccn2cc(COC(=O)c3cc([N+](=O)[O-])ccc3N(C)C)nc12. The average molecular weight is 354 g/mol. The predicted octanol–water partition coefficient (Wildman–Crippen LogP) is 2.97. The number of ether oxygens (including phenoxy) is 1. The predicted molar refractivity (Wildman–Crippen MR) is 96.5 cm³/mol. The van der Waals surface area contributed by atoms with Crippen LogP contribution in [0.3, 0.4) is 0 Å². The molecule has 0 aliphatic rings. The third kappa shape index (κ3) is 3.34. The number of esters is 1. The number of pyridine rings is 1. The third-order valence-electron chi connectivity index (χ3n) is 3.97. The zero-order valence-corrected chi connectivity index (χ0v) is 14.7. The molecular weight excluding hydrogens is 336 g/mol. The van der Waals surface area contributed by atoms with Crippen molar-refractivity contribution >= 4 is 23.0 Å². The summed E-state index contributed by atoms with van der Waals surface area (Å²) < 4.78 is 7.20. The van der Waals surface area contributed by atoms with E-state index in [0.717, 1.165) is 11.2 Å². The molecule has 0 atom stereocenters. The first kappa shape index (κ1) is 17.4. The molecule has 0 aliphatic heterocycles. The Balaban J connectivity index is 1.83. The summed E-state index contributed by atoms with van der Waals surface area (Å²) in [6, 6.07) is 7.97. The molecule has 26 heavy (non-hydrogen) atoms. The van der Waals surface area contributed by atoms with Crippen LogP contribution in [0.25, 0.3) is 5.65 Å². The van der Waals surface area contributed by atoms with Crippen molar-refractivity contribution < 1.29 is 14.5 Å². The molecule has 2 heterocycles. The topological polar surface area (TPSA) is 90.0 Å². The normalized spacial score (nSPS) is 10.7. The fraction of sp³-hybridized carbons (Fsp3) is 0.222. The highest BCUT2D eigenvalue weighted by Gasteiger charge is 2.19. The van der Waals surface area contributed by atoms with E-state index in [9.17, 15) is 14.9 Å². The van der Waals surface area contributed by atoms with Crippen molar-refractivity contribution in [1.29, 1.82) is 0 Å². The third-order valence-corrected chi connectivity index (χ3v) is 3.97. The highest BCUT2D eigenvalue weighted by Crippen LogP contribution is 2.25. The Kier molecular flexibility index (Phi) is 4.57. The molecule has 0 bridgehead atoms. The number of aromatic nitrogens is 2. The maximum Gasteiger partial charge on any atom is 0.340 e. The number of rotatable bonds is 5. The number of hydrogen-bond acceptors (Lipinski definition) is 6. The Morgan fingerprint density at radius 2 is 2.12 bits per heavy atom. The molecule has 0 spiro atoms. The lowest BCUT2D eigenvalue weighted by molar-refractivity contribution is -0.384. The number of imidazole rings is 1. The fourth-order valence-electron chi connectivity index (χ4n) is 2.68. The molecule has 0 saturated heterocycles. The standard InChI is InChI=1S/C18H18N4O4/c1-12-5-4-8-21-10-13(19-17(12)21)11-26-18(23)15-9-14(22(24)25)6-7-16(15)20(2)3/h4-10H,11H2,1-3H3. The summed E-state index contributed by atoms with van der Waals surface area (Å²) in [5, 5.41) is 11.0. The molecule has 1 aromatic carbocycles. The van der Waals surface area contributed by atoms with Gasteiger partial charge in [-0.2, -0.15) is 0 Å². The molecule has 0 saturated carbocycles. The molecule has 2 aromatic heterocycles. The minimum atomic E-state index is -0.633. The average Bonchev–Trinajstić information content (AvgIpc) is 3.03. The van der Waals surface area contributed by atoms with Gasteiger partial charge >= 0.3 is 5.97 Å². The fourth-order valence-corrected chi connectivity index (χ4v) is 2.68. The molecule has 134 valence electrons. The van der Waals surface area contributed by atoms with Gasteiger partial charge in [0.05, 0.1) is 21.9 Å². The number of fused-ring (bicyclic) bond motifs is 1. The van der Waals surface area contributed by atoms with Crippen LogP contribution in [0.15, 0.2) is 42.7 Å². The highest BCUT2D eigenvalue weighted by atomic mass is 16.6. The van der Waals surface area contributed by atoms with E-state index in [-0.39, 0.29) is 17.9 Å². The Morgan fingerprint density at radius 1 is 1.35 bits per heavy atom. The van der Waals surface area contributed by atoms with E-state index in [1.807, 2.05) is 29.7 Å². The van der Waals surface area contributed by atoms with Gasteiger partial charge in [-0.3, -0.25) is 10.1 Å². The minimum Gasteiger partial charge on any atom is -0.455 e. The van der Waals surface area contributed by atoms with Crippen molar-refractivity contribution in [3.05, 3.63) is 69.7 Å². The number of aryl methyl sites for hydroxylation is 1. The molecule has 3 aromatic rings. The van der Waals surface area contributed by atoms with E-state index in [1.165, 1.54) is 18.2 Å². The molecule has 0 unspecified atom stereocenters. The Bertz CT molecular complexity index is 994. The summed E-state index contributed by atoms with van der Waals surface area (Å²) >= 11 is 0. The molecule has 3 rings (SSSR count). The number of carbonyl (C=O) groups excluding carboxylic acids is 1. The number of hydrogen-bond donors (Lipinski definition) is 0. The lowest BCUT2D eigenvalue weighted by Crippen LogP contribution is -2.16.